The highest BCUT2D eigenvalue weighted by Crippen LogP contribution is 2.33. The van der Waals surface area contributed by atoms with Crippen LogP contribution in [-0.4, -0.2) is 40.7 Å². The maximum absolute atomic E-state index is 14.0. The van der Waals surface area contributed by atoms with Crippen LogP contribution in [0.25, 0.3) is 10.9 Å². The van der Waals surface area contributed by atoms with Gasteiger partial charge in [-0.2, -0.15) is 0 Å². The third-order valence-corrected chi connectivity index (χ3v) is 7.55. The molecule has 0 radical (unpaired) electrons. The summed E-state index contributed by atoms with van der Waals surface area (Å²) in [4.78, 5) is 27.7. The quantitative estimate of drug-likeness (QED) is 0.335. The van der Waals surface area contributed by atoms with Gasteiger partial charge in [-0.15, -0.1) is 0 Å². The molecule has 0 saturated carbocycles. The Morgan fingerprint density at radius 1 is 1.05 bits per heavy atom. The number of ether oxygens (including phenoxy) is 1. The molecule has 1 aliphatic rings. The van der Waals surface area contributed by atoms with Crippen molar-refractivity contribution in [3.05, 3.63) is 93.9 Å². The van der Waals surface area contributed by atoms with Crippen molar-refractivity contribution in [2.24, 2.45) is 0 Å². The smallest absolute Gasteiger partial charge is 0.307 e. The van der Waals surface area contributed by atoms with Gasteiger partial charge in [0, 0.05) is 28.9 Å². The number of likely N-dealkylation sites (N-methyl/N-ethyl adjacent to an activating group) is 1. The monoisotopic (exact) mass is 514 g/mol. The van der Waals surface area contributed by atoms with Crippen LogP contribution in [0.5, 0.6) is 5.75 Å². The zero-order valence-electron chi connectivity index (χ0n) is 22.0. The normalized spacial score (nSPS) is 14.7. The molecular formula is C31H31FN2O4. The van der Waals surface area contributed by atoms with Gasteiger partial charge in [0.25, 0.3) is 5.91 Å². The highest BCUT2D eigenvalue weighted by Gasteiger charge is 2.29. The largest absolute Gasteiger partial charge is 0.491 e. The number of nitrogens with zero attached hydrogens (tertiary/aromatic N) is 2. The van der Waals surface area contributed by atoms with E-state index in [9.17, 15) is 19.1 Å². The van der Waals surface area contributed by atoms with Crippen LogP contribution in [0.15, 0.2) is 54.6 Å². The van der Waals surface area contributed by atoms with Crippen molar-refractivity contribution in [3.63, 3.8) is 0 Å². The second kappa shape index (κ2) is 9.97. The number of halogens is 1. The molecule has 0 bridgehead atoms. The summed E-state index contributed by atoms with van der Waals surface area (Å²) in [5, 5.41) is 9.84. The van der Waals surface area contributed by atoms with Gasteiger partial charge >= 0.3 is 5.97 Å². The van der Waals surface area contributed by atoms with E-state index in [1.807, 2.05) is 26.0 Å². The van der Waals surface area contributed by atoms with Gasteiger partial charge in [-0.25, -0.2) is 4.39 Å². The number of aryl methyl sites for hydroxylation is 2. The van der Waals surface area contributed by atoms with E-state index in [1.54, 1.807) is 6.92 Å². The number of para-hydroxylation sites is 1. The lowest BCUT2D eigenvalue weighted by atomic mass is 10.0. The van der Waals surface area contributed by atoms with E-state index in [0.717, 1.165) is 29.8 Å². The first kappa shape index (κ1) is 25.5. The summed E-state index contributed by atoms with van der Waals surface area (Å²) in [5.41, 5.74) is 6.09. The Balaban J connectivity index is 1.43. The predicted molar refractivity (Wildman–Crippen MR) is 146 cm³/mol. The lowest BCUT2D eigenvalue weighted by Crippen LogP contribution is -2.36. The number of carboxylic acid groups (broad SMARTS) is 1. The summed E-state index contributed by atoms with van der Waals surface area (Å²) in [6.45, 7) is 9.05. The molecule has 0 aliphatic carbocycles. The molecule has 0 amide bonds. The number of hydrogen-bond donors (Lipinski definition) is 1. The second-order valence-electron chi connectivity index (χ2n) is 9.95. The van der Waals surface area contributed by atoms with E-state index in [2.05, 4.69) is 36.1 Å². The first-order valence-corrected chi connectivity index (χ1v) is 12.8. The number of rotatable bonds is 7. The minimum absolute atomic E-state index is 0.236. The van der Waals surface area contributed by atoms with Crippen molar-refractivity contribution < 1.29 is 23.8 Å². The summed E-state index contributed by atoms with van der Waals surface area (Å²) in [6, 6.07) is 16.5. The molecule has 3 aromatic carbocycles. The van der Waals surface area contributed by atoms with Gasteiger partial charge in [0.2, 0.25) is 0 Å². The number of carboxylic acids is 1. The molecule has 0 fully saturated rings. The molecule has 38 heavy (non-hydrogen) atoms. The predicted octanol–water partition coefficient (Wildman–Crippen LogP) is 5.85. The molecule has 1 aliphatic heterocycles. The molecule has 7 heteroatoms. The molecule has 5 rings (SSSR count). The number of carbonyl (C=O) groups excluding carboxylic acids is 1. The van der Waals surface area contributed by atoms with Crippen LogP contribution in [-0.2, 0) is 17.6 Å². The summed E-state index contributed by atoms with van der Waals surface area (Å²) in [7, 11) is 0. The highest BCUT2D eigenvalue weighted by atomic mass is 19.1. The van der Waals surface area contributed by atoms with Gasteiger partial charge in [0.1, 0.15) is 18.2 Å². The van der Waals surface area contributed by atoms with Gasteiger partial charge in [-0.05, 0) is 92.8 Å². The summed E-state index contributed by atoms with van der Waals surface area (Å²) >= 11 is 0. The molecule has 0 saturated heterocycles. The molecule has 4 aromatic rings. The van der Waals surface area contributed by atoms with E-state index < -0.39 is 11.8 Å². The van der Waals surface area contributed by atoms with Crippen molar-refractivity contribution in [3.8, 4) is 5.75 Å². The fourth-order valence-electron chi connectivity index (χ4n) is 5.68. The number of aliphatic carboxylic acids is 1. The lowest BCUT2D eigenvalue weighted by Gasteiger charge is -2.26. The Morgan fingerprint density at radius 2 is 1.82 bits per heavy atom. The van der Waals surface area contributed by atoms with Crippen LogP contribution >= 0.6 is 0 Å². The molecule has 1 atom stereocenters. The van der Waals surface area contributed by atoms with Gasteiger partial charge in [0.15, 0.2) is 0 Å². The summed E-state index contributed by atoms with van der Waals surface area (Å²) in [5.74, 6) is -1.07. The van der Waals surface area contributed by atoms with Crippen molar-refractivity contribution in [1.82, 2.24) is 4.57 Å². The second-order valence-corrected chi connectivity index (χ2v) is 9.95. The van der Waals surface area contributed by atoms with Crippen molar-refractivity contribution >= 4 is 28.5 Å². The third-order valence-electron chi connectivity index (χ3n) is 7.55. The number of anilines is 1. The first-order chi connectivity index (χ1) is 18.2. The van der Waals surface area contributed by atoms with E-state index >= 15 is 0 Å². The average Bonchev–Trinajstić information content (AvgIpc) is 3.37. The Hall–Kier alpha value is -4.13. The Bertz CT molecular complexity index is 1570. The fourth-order valence-corrected chi connectivity index (χ4v) is 5.68. The Labute approximate surface area is 221 Å². The molecule has 1 N–H and O–H groups in total. The topological polar surface area (TPSA) is 71.8 Å². The number of hydrogen-bond acceptors (Lipinski definition) is 4. The molecule has 196 valence electrons. The number of benzene rings is 3. The minimum atomic E-state index is -1.04. The van der Waals surface area contributed by atoms with Crippen LogP contribution in [0.2, 0.25) is 0 Å². The van der Waals surface area contributed by atoms with E-state index in [4.69, 9.17) is 4.74 Å². The van der Waals surface area contributed by atoms with Crippen molar-refractivity contribution in [1.29, 1.82) is 0 Å². The zero-order valence-corrected chi connectivity index (χ0v) is 22.0. The highest BCUT2D eigenvalue weighted by molar-refractivity contribution is 6.05. The molecule has 6 nitrogen and oxygen atoms in total. The minimum Gasteiger partial charge on any atom is -0.491 e. The van der Waals surface area contributed by atoms with Crippen LogP contribution in [0.3, 0.4) is 0 Å². The number of carbonyl (C=O) groups is 2. The standard InChI is InChI=1S/C31H31FN2O4/c1-5-33-23(14-21-8-6-7-9-27(21)33)17-38-29-13-18(2)24(12-19(29)3)31(37)34-20(4)25(16-30(35)36)26-15-22(32)10-11-28(26)34/h6-13,15,23H,5,14,16-17H2,1-4H3,(H,35,36)/t23-/m1/s1. The maximum Gasteiger partial charge on any atom is 0.307 e. The lowest BCUT2D eigenvalue weighted by molar-refractivity contribution is -0.136. The first-order valence-electron chi connectivity index (χ1n) is 12.8. The Kier molecular flexibility index (Phi) is 6.69. The summed E-state index contributed by atoms with van der Waals surface area (Å²) < 4.78 is 21.8. The van der Waals surface area contributed by atoms with E-state index in [-0.39, 0.29) is 18.4 Å². The van der Waals surface area contributed by atoms with E-state index in [0.29, 0.717) is 34.3 Å². The Morgan fingerprint density at radius 3 is 2.55 bits per heavy atom. The zero-order chi connectivity index (χ0) is 27.1. The molecule has 0 spiro atoms. The number of aromatic nitrogens is 1. The maximum atomic E-state index is 14.0. The SMILES string of the molecule is CCN1c2ccccc2C[C@@H]1COc1cc(C)c(C(=O)n2c(C)c(CC(=O)O)c3cc(F)ccc32)cc1C. The van der Waals surface area contributed by atoms with Crippen LogP contribution in [0.1, 0.15) is 45.2 Å². The van der Waals surface area contributed by atoms with Gasteiger partial charge < -0.3 is 14.7 Å². The van der Waals surface area contributed by atoms with E-state index in [1.165, 1.54) is 34.0 Å². The van der Waals surface area contributed by atoms with Gasteiger partial charge in [-0.1, -0.05) is 18.2 Å². The van der Waals surface area contributed by atoms with Crippen molar-refractivity contribution in [2.45, 2.75) is 46.6 Å². The molecule has 2 heterocycles. The van der Waals surface area contributed by atoms with Gasteiger partial charge in [-0.3, -0.25) is 14.2 Å². The molecule has 1 aromatic heterocycles. The third kappa shape index (κ3) is 4.42. The van der Waals surface area contributed by atoms with Crippen molar-refractivity contribution in [2.75, 3.05) is 18.1 Å². The van der Waals surface area contributed by atoms with Crippen LogP contribution in [0.4, 0.5) is 10.1 Å². The molecule has 0 unspecified atom stereocenters. The van der Waals surface area contributed by atoms with Crippen LogP contribution in [0, 0.1) is 26.6 Å². The summed E-state index contributed by atoms with van der Waals surface area (Å²) in [6.07, 6.45) is 0.633. The fraction of sp³-hybridized carbons (Fsp3) is 0.290. The van der Waals surface area contributed by atoms with Crippen LogP contribution < -0.4 is 9.64 Å². The number of fused-ring (bicyclic) bond motifs is 2. The average molecular weight is 515 g/mol. The molecular weight excluding hydrogens is 483 g/mol. The van der Waals surface area contributed by atoms with Gasteiger partial charge in [0.05, 0.1) is 18.0 Å².